The molecule has 0 unspecified atom stereocenters. The third kappa shape index (κ3) is 12.7. The van der Waals surface area contributed by atoms with E-state index in [2.05, 4.69) is 242 Å². The maximum absolute atomic E-state index is 7.93. The van der Waals surface area contributed by atoms with Crippen LogP contribution in [-0.2, 0) is 0 Å². The van der Waals surface area contributed by atoms with Crippen LogP contribution < -0.4 is 24.5 Å². The van der Waals surface area contributed by atoms with E-state index in [4.69, 9.17) is 30.3 Å². The van der Waals surface area contributed by atoms with Crippen LogP contribution in [0.5, 0.6) is 0 Å². The Labute approximate surface area is 663 Å². The van der Waals surface area contributed by atoms with E-state index in [0.717, 1.165) is 139 Å². The molecule has 0 saturated carbocycles. The predicted molar refractivity (Wildman–Crippen MR) is 463 cm³/mol. The van der Waals surface area contributed by atoms with Gasteiger partial charge in [0.25, 0.3) is 0 Å². The van der Waals surface area contributed by atoms with Gasteiger partial charge in [-0.1, -0.05) is 97.1 Å². The number of nitrogens with zero attached hydrogens (tertiary/aromatic N) is 13. The lowest BCUT2D eigenvalue weighted by molar-refractivity contribution is 0.171. The van der Waals surface area contributed by atoms with Crippen molar-refractivity contribution in [2.45, 2.75) is 154 Å². The van der Waals surface area contributed by atoms with Gasteiger partial charge in [0.15, 0.2) is 33.5 Å². The summed E-state index contributed by atoms with van der Waals surface area (Å²) in [6.45, 7) is 28.2. The van der Waals surface area contributed by atoms with E-state index in [1.807, 2.05) is 125 Å². The first-order chi connectivity index (χ1) is 56.1. The largest absolute Gasteiger partial charge is 0.454 e. The third-order valence-corrected chi connectivity index (χ3v) is 23.0. The summed E-state index contributed by atoms with van der Waals surface area (Å²) in [7, 11) is 6.27. The molecule has 5 atom stereocenters. The van der Waals surface area contributed by atoms with Gasteiger partial charge in [-0.05, 0) is 187 Å². The Morgan fingerprint density at radius 3 is 1.12 bits per heavy atom. The molecule has 112 heavy (non-hydrogen) atoms. The van der Waals surface area contributed by atoms with E-state index in [9.17, 15) is 0 Å². The molecule has 18 nitrogen and oxygen atoms in total. The summed E-state index contributed by atoms with van der Waals surface area (Å²) >= 11 is 0. The zero-order chi connectivity index (χ0) is 83.8. The highest BCUT2D eigenvalue weighted by molar-refractivity contribution is 6.14. The average Bonchev–Trinajstić information content (AvgIpc) is 1.61. The number of rotatable bonds is 5. The van der Waals surface area contributed by atoms with Gasteiger partial charge in [0.2, 0.25) is 11.4 Å². The molecule has 20 rings (SSSR count). The minimum absolute atomic E-state index is 0.141. The SMILES string of the molecule is Cc1ccc2c(n1)oc1c(N3C=CN(C)[C@@H]3C)c(C)ccc12.Cc1ccc2c(oc3c(C)cccc32)c1N1C=CN(C)[C@@H]1C.Cc1ccc2c(oc3c(C)nccc32)c1N1C=CN(C)[C@@H]1C.[2H]C([2H])([2H])C(C)(C)N1C=CN(c2c(C)ccc3c2oc2ccccc23)[C@H]1C.[2H]C([2H])([2H])N1C=CN(c2c(C)ccc3c2oc2nc(C)ccc23)[C@H]1C. The van der Waals surface area contributed by atoms with Crippen LogP contribution in [0.25, 0.3) is 110 Å². The fraction of sp³-hybridized carbons (Fsp3) is 0.287. The zero-order valence-corrected chi connectivity index (χ0v) is 67.3. The van der Waals surface area contributed by atoms with Gasteiger partial charge in [-0.25, -0.2) is 9.97 Å². The van der Waals surface area contributed by atoms with Gasteiger partial charge in [-0.15, -0.1) is 0 Å². The number of fused-ring (bicyclic) bond motifs is 15. The van der Waals surface area contributed by atoms with Crippen LogP contribution >= 0.6 is 0 Å². The van der Waals surface area contributed by atoms with Crippen molar-refractivity contribution in [3.63, 3.8) is 0 Å². The first kappa shape index (κ1) is 66.7. The molecule has 0 fully saturated rings. The average molecular weight is 1500 g/mol. The molecule has 0 bridgehead atoms. The van der Waals surface area contributed by atoms with Crippen molar-refractivity contribution < 1.29 is 30.3 Å². The first-order valence-electron chi connectivity index (χ1n) is 41.4. The Bertz CT molecular complexity index is 6470. The number of furan rings is 5. The van der Waals surface area contributed by atoms with Gasteiger partial charge < -0.3 is 71.1 Å². The Morgan fingerprint density at radius 1 is 0.321 bits per heavy atom. The Morgan fingerprint density at radius 2 is 0.679 bits per heavy atom. The minimum Gasteiger partial charge on any atom is -0.454 e. The van der Waals surface area contributed by atoms with Gasteiger partial charge in [0.1, 0.15) is 42.0 Å². The van der Waals surface area contributed by atoms with Crippen molar-refractivity contribution in [1.29, 1.82) is 0 Å². The number of pyridine rings is 3. The fourth-order valence-corrected chi connectivity index (χ4v) is 16.2. The quantitative estimate of drug-likeness (QED) is 0.161. The number of para-hydroxylation sites is 2. The van der Waals surface area contributed by atoms with Crippen LogP contribution in [0.4, 0.5) is 28.4 Å². The molecule has 0 amide bonds. The molecule has 0 saturated heterocycles. The molecule has 5 aliphatic rings. The van der Waals surface area contributed by atoms with Crippen LogP contribution in [0, 0.1) is 62.3 Å². The smallest absolute Gasteiger partial charge is 0.227 e. The van der Waals surface area contributed by atoms with E-state index >= 15 is 0 Å². The zero-order valence-electron chi connectivity index (χ0n) is 73.3. The molecule has 13 heterocycles. The summed E-state index contributed by atoms with van der Waals surface area (Å²) in [6, 6.07) is 45.7. The molecule has 0 radical (unpaired) electrons. The van der Waals surface area contributed by atoms with Crippen LogP contribution in [0.3, 0.4) is 0 Å². The van der Waals surface area contributed by atoms with Crippen molar-refractivity contribution in [2.75, 3.05) is 52.6 Å². The molecule has 7 aromatic carbocycles. The van der Waals surface area contributed by atoms with E-state index < -0.39 is 19.4 Å². The second kappa shape index (κ2) is 28.5. The molecule has 8 aromatic heterocycles. The van der Waals surface area contributed by atoms with E-state index in [-0.39, 0.29) is 24.7 Å². The number of aromatic nitrogens is 3. The Balaban J connectivity index is 0.000000110. The second-order valence-electron chi connectivity index (χ2n) is 30.9. The molecule has 5 aliphatic heterocycles. The van der Waals surface area contributed by atoms with Gasteiger partial charge in [0.05, 0.1) is 34.1 Å². The highest BCUT2D eigenvalue weighted by Crippen LogP contribution is 2.46. The normalized spacial score (nSPS) is 19.2. The summed E-state index contributed by atoms with van der Waals surface area (Å²) in [5.74, 6) is 0. The number of hydrogen-bond acceptors (Lipinski definition) is 18. The second-order valence-corrected chi connectivity index (χ2v) is 30.9. The van der Waals surface area contributed by atoms with Crippen LogP contribution in [-0.4, -0.2) is 104 Å². The molecular weight excluding hydrogens is 1390 g/mol. The van der Waals surface area contributed by atoms with E-state index in [0.29, 0.717) is 17.6 Å². The molecule has 18 heteroatoms. The molecule has 572 valence electrons. The van der Waals surface area contributed by atoms with Crippen molar-refractivity contribution in [3.05, 3.63) is 252 Å². The summed E-state index contributed by atoms with van der Waals surface area (Å²) < 4.78 is 77.8. The Kier molecular flexibility index (Phi) is 17.0. The van der Waals surface area contributed by atoms with Crippen LogP contribution in [0.2, 0.25) is 0 Å². The lowest BCUT2D eigenvalue weighted by Crippen LogP contribution is -2.46. The van der Waals surface area contributed by atoms with Crippen LogP contribution in [0.15, 0.2) is 224 Å². The molecule has 15 aromatic rings. The van der Waals surface area contributed by atoms with Gasteiger partial charge >= 0.3 is 0 Å². The molecule has 0 aliphatic carbocycles. The highest BCUT2D eigenvalue weighted by Gasteiger charge is 2.35. The van der Waals surface area contributed by atoms with Crippen molar-refractivity contribution >= 4 is 138 Å². The lowest BCUT2D eigenvalue weighted by Gasteiger charge is -2.39. The number of anilines is 5. The molecule has 0 spiro atoms. The molecular formula is C94H101N13O5. The predicted octanol–water partition coefficient (Wildman–Crippen LogP) is 22.9. The van der Waals surface area contributed by atoms with Crippen molar-refractivity contribution in [2.24, 2.45) is 0 Å². The minimum atomic E-state index is -2.18. The van der Waals surface area contributed by atoms with Gasteiger partial charge in [-0.2, -0.15) is 0 Å². The number of benzene rings is 7. The molecule has 0 N–H and O–H groups in total. The number of hydrogen-bond donors (Lipinski definition) is 0. The maximum atomic E-state index is 7.93. The topological polar surface area (TPSA) is 137 Å². The maximum Gasteiger partial charge on any atom is 0.227 e. The van der Waals surface area contributed by atoms with Crippen molar-refractivity contribution in [1.82, 2.24) is 39.5 Å². The summed E-state index contributed by atoms with van der Waals surface area (Å²) in [4.78, 5) is 34.1. The van der Waals surface area contributed by atoms with E-state index in [1.54, 1.807) is 26.2 Å². The van der Waals surface area contributed by atoms with Gasteiger partial charge in [0, 0.05) is 175 Å². The summed E-state index contributed by atoms with van der Waals surface area (Å²) in [6.07, 6.45) is 22.1. The standard InChI is InChI=1S/C21H24N2O.C19H20N2O.3C18H19N3O/c1-14-10-11-17-16-8-6-7-9-18(16)24-20(17)19(14)22-12-13-23(15(22)2)21(3,4)5;1-12-8-9-16-15-7-5-6-13(2)18(15)22-19(16)17(12)21-11-10-20(4)14(21)3;2*1-11-5-7-14-15-8-6-12(2)19-18(15)22-17(14)16(11)21-10-9-20(4)13(21)3;1-11-5-6-14-15-7-8-19-12(2)17(15)22-18(14)16(11)21-10-9-20(4)13(21)3/h6-13,15H,1-5H3;5-11,14H,1-4H3;3*5-10,13H,1-4H3/t15-;14-;3*13-/m10000/s1/i3D3;;4D3;;. The highest BCUT2D eigenvalue weighted by atomic mass is 16.4. The summed E-state index contributed by atoms with van der Waals surface area (Å²) in [5, 5.41) is 11.0. The Hall–Kier alpha value is -12.3. The lowest BCUT2D eigenvalue weighted by atomic mass is 10.1. The van der Waals surface area contributed by atoms with Crippen LogP contribution in [0.1, 0.15) is 114 Å². The van der Waals surface area contributed by atoms with E-state index in [1.165, 1.54) is 43.6 Å². The fourth-order valence-electron chi connectivity index (χ4n) is 16.2. The number of aryl methyl sites for hydroxylation is 9. The van der Waals surface area contributed by atoms with Gasteiger partial charge in [-0.3, -0.25) is 4.98 Å². The third-order valence-electron chi connectivity index (χ3n) is 23.0. The first-order valence-corrected chi connectivity index (χ1v) is 38.4. The monoisotopic (exact) mass is 1500 g/mol. The van der Waals surface area contributed by atoms with Crippen molar-refractivity contribution in [3.8, 4) is 0 Å². The summed E-state index contributed by atoms with van der Waals surface area (Å²) in [5.41, 5.74) is 22.5.